The van der Waals surface area contributed by atoms with Crippen LogP contribution < -0.4 is 4.74 Å². The molecule has 6 heteroatoms. The summed E-state index contributed by atoms with van der Waals surface area (Å²) in [6.45, 7) is -1.59. The second-order valence-electron chi connectivity index (χ2n) is 2.92. The lowest BCUT2D eigenvalue weighted by atomic mass is 10.2. The van der Waals surface area contributed by atoms with Crippen LogP contribution in [0.1, 0.15) is 10.4 Å². The van der Waals surface area contributed by atoms with Crippen molar-refractivity contribution in [1.82, 2.24) is 0 Å². The van der Waals surface area contributed by atoms with E-state index < -0.39 is 18.8 Å². The Hall–Kier alpha value is -1.72. The predicted octanol–water partition coefficient (Wildman–Crippen LogP) is 2.41. The summed E-state index contributed by atoms with van der Waals surface area (Å²) in [5.74, 6) is -0.507. The molecule has 0 bridgehead atoms. The minimum Gasteiger partial charge on any atom is -0.497 e. The van der Waals surface area contributed by atoms with Crippen molar-refractivity contribution in [3.8, 4) is 5.75 Å². The first-order valence-electron chi connectivity index (χ1n) is 4.30. The molecule has 0 fully saturated rings. The third kappa shape index (κ3) is 3.80. The monoisotopic (exact) mass is 234 g/mol. The molecule has 0 aliphatic rings. The van der Waals surface area contributed by atoms with Gasteiger partial charge in [0.1, 0.15) is 5.75 Å². The molecule has 0 heterocycles. The molecule has 0 spiro atoms. The van der Waals surface area contributed by atoms with Gasteiger partial charge in [0.15, 0.2) is 6.61 Å². The largest absolute Gasteiger partial charge is 0.497 e. The first-order chi connectivity index (χ1) is 7.42. The maximum atomic E-state index is 11.8. The average Bonchev–Trinajstić information content (AvgIpc) is 2.25. The van der Waals surface area contributed by atoms with E-state index in [2.05, 4.69) is 4.74 Å². The molecule has 0 N–H and O–H groups in total. The number of benzene rings is 1. The Morgan fingerprint density at radius 1 is 1.25 bits per heavy atom. The van der Waals surface area contributed by atoms with Gasteiger partial charge in [0, 0.05) is 0 Å². The van der Waals surface area contributed by atoms with Crippen LogP contribution in [-0.4, -0.2) is 25.9 Å². The van der Waals surface area contributed by atoms with Gasteiger partial charge in [-0.25, -0.2) is 4.79 Å². The van der Waals surface area contributed by atoms with Gasteiger partial charge in [-0.05, 0) is 24.3 Å². The SMILES string of the molecule is COc1ccc(C(=O)OCC(F)(F)F)cc1. The number of ether oxygens (including phenoxy) is 2. The minimum absolute atomic E-state index is 0.0463. The molecule has 0 aliphatic carbocycles. The number of carbonyl (C=O) groups excluding carboxylic acids is 1. The Morgan fingerprint density at radius 3 is 2.25 bits per heavy atom. The molecule has 88 valence electrons. The lowest BCUT2D eigenvalue weighted by molar-refractivity contribution is -0.161. The van der Waals surface area contributed by atoms with E-state index in [-0.39, 0.29) is 5.56 Å². The van der Waals surface area contributed by atoms with E-state index in [1.165, 1.54) is 31.4 Å². The summed E-state index contributed by atoms with van der Waals surface area (Å²) in [5, 5.41) is 0. The molecule has 0 amide bonds. The molecule has 16 heavy (non-hydrogen) atoms. The van der Waals surface area contributed by atoms with Crippen LogP contribution in [0.4, 0.5) is 13.2 Å². The molecule has 0 unspecified atom stereocenters. The third-order valence-electron chi connectivity index (χ3n) is 1.69. The number of hydrogen-bond donors (Lipinski definition) is 0. The van der Waals surface area contributed by atoms with Crippen molar-refractivity contribution in [3.63, 3.8) is 0 Å². The van der Waals surface area contributed by atoms with Crippen LogP contribution in [0.2, 0.25) is 0 Å². The molecule has 0 radical (unpaired) electrons. The van der Waals surface area contributed by atoms with Crippen LogP contribution in [0.5, 0.6) is 5.75 Å². The van der Waals surface area contributed by atoms with Crippen molar-refractivity contribution in [2.24, 2.45) is 0 Å². The number of halogens is 3. The van der Waals surface area contributed by atoms with Crippen molar-refractivity contribution in [2.45, 2.75) is 6.18 Å². The molecule has 0 saturated carbocycles. The van der Waals surface area contributed by atoms with Gasteiger partial charge in [0.25, 0.3) is 0 Å². The topological polar surface area (TPSA) is 35.5 Å². The predicted molar refractivity (Wildman–Crippen MR) is 49.3 cm³/mol. The van der Waals surface area contributed by atoms with Gasteiger partial charge in [0.2, 0.25) is 0 Å². The van der Waals surface area contributed by atoms with Gasteiger partial charge in [0.05, 0.1) is 12.7 Å². The maximum Gasteiger partial charge on any atom is 0.422 e. The van der Waals surface area contributed by atoms with Gasteiger partial charge in [-0.2, -0.15) is 13.2 Å². The minimum atomic E-state index is -4.51. The fourth-order valence-corrected chi connectivity index (χ4v) is 0.958. The fraction of sp³-hybridized carbons (Fsp3) is 0.300. The molecule has 3 nitrogen and oxygen atoms in total. The lowest BCUT2D eigenvalue weighted by Crippen LogP contribution is -2.20. The highest BCUT2D eigenvalue weighted by atomic mass is 19.4. The quantitative estimate of drug-likeness (QED) is 0.753. The third-order valence-corrected chi connectivity index (χ3v) is 1.69. The normalized spacial score (nSPS) is 11.0. The van der Waals surface area contributed by atoms with E-state index in [0.29, 0.717) is 5.75 Å². The first-order valence-corrected chi connectivity index (χ1v) is 4.30. The van der Waals surface area contributed by atoms with Crippen molar-refractivity contribution in [3.05, 3.63) is 29.8 Å². The zero-order chi connectivity index (χ0) is 12.2. The Kier molecular flexibility index (Phi) is 3.76. The summed E-state index contributed by atoms with van der Waals surface area (Å²) < 4.78 is 44.2. The Bertz CT molecular complexity index is 357. The van der Waals surface area contributed by atoms with E-state index in [9.17, 15) is 18.0 Å². The van der Waals surface area contributed by atoms with Crippen LogP contribution in [0, 0.1) is 0 Å². The van der Waals surface area contributed by atoms with Crippen molar-refractivity contribution in [2.75, 3.05) is 13.7 Å². The highest BCUT2D eigenvalue weighted by Gasteiger charge is 2.29. The van der Waals surface area contributed by atoms with Gasteiger partial charge >= 0.3 is 12.1 Å². The van der Waals surface area contributed by atoms with E-state index in [1.54, 1.807) is 0 Å². The highest BCUT2D eigenvalue weighted by molar-refractivity contribution is 5.89. The molecule has 0 aromatic heterocycles. The van der Waals surface area contributed by atoms with Crippen molar-refractivity contribution >= 4 is 5.97 Å². The first kappa shape index (κ1) is 12.4. The Labute approximate surface area is 89.8 Å². The molecule has 1 aromatic rings. The van der Waals surface area contributed by atoms with E-state index >= 15 is 0 Å². The second-order valence-corrected chi connectivity index (χ2v) is 2.92. The number of carbonyl (C=O) groups is 1. The standard InChI is InChI=1S/C10H9F3O3/c1-15-8-4-2-7(3-5-8)9(14)16-6-10(11,12)13/h2-5H,6H2,1H3. The molecule has 1 rings (SSSR count). The van der Waals surface area contributed by atoms with E-state index in [0.717, 1.165) is 0 Å². The number of rotatable bonds is 3. The highest BCUT2D eigenvalue weighted by Crippen LogP contribution is 2.16. The summed E-state index contributed by atoms with van der Waals surface area (Å²) in [5.41, 5.74) is 0.0463. The molecule has 0 saturated heterocycles. The molecular weight excluding hydrogens is 225 g/mol. The molecule has 0 atom stereocenters. The lowest BCUT2D eigenvalue weighted by Gasteiger charge is -2.07. The fourth-order valence-electron chi connectivity index (χ4n) is 0.958. The van der Waals surface area contributed by atoms with Gasteiger partial charge < -0.3 is 9.47 Å². The van der Waals surface area contributed by atoms with Gasteiger partial charge in [-0.15, -0.1) is 0 Å². The van der Waals surface area contributed by atoms with Crippen molar-refractivity contribution < 1.29 is 27.4 Å². The van der Waals surface area contributed by atoms with E-state index in [1.807, 2.05) is 0 Å². The second kappa shape index (κ2) is 4.87. The van der Waals surface area contributed by atoms with Crippen LogP contribution >= 0.6 is 0 Å². The van der Waals surface area contributed by atoms with Gasteiger partial charge in [-0.1, -0.05) is 0 Å². The summed E-state index contributed by atoms with van der Waals surface area (Å²) in [6, 6.07) is 5.59. The Balaban J connectivity index is 2.59. The summed E-state index contributed by atoms with van der Waals surface area (Å²) in [7, 11) is 1.44. The number of hydrogen-bond acceptors (Lipinski definition) is 3. The zero-order valence-electron chi connectivity index (χ0n) is 8.38. The summed E-state index contributed by atoms with van der Waals surface area (Å²) in [4.78, 5) is 11.1. The van der Waals surface area contributed by atoms with E-state index in [4.69, 9.17) is 4.74 Å². The average molecular weight is 234 g/mol. The number of methoxy groups -OCH3 is 1. The molecule has 0 aliphatic heterocycles. The summed E-state index contributed by atoms with van der Waals surface area (Å²) >= 11 is 0. The van der Waals surface area contributed by atoms with Crippen LogP contribution in [0.15, 0.2) is 24.3 Å². The Morgan fingerprint density at radius 2 is 1.81 bits per heavy atom. The van der Waals surface area contributed by atoms with Crippen molar-refractivity contribution in [1.29, 1.82) is 0 Å². The summed E-state index contributed by atoms with van der Waals surface area (Å²) in [6.07, 6.45) is -4.51. The number of esters is 1. The number of alkyl halides is 3. The zero-order valence-corrected chi connectivity index (χ0v) is 8.38. The molecule has 1 aromatic carbocycles. The molecular formula is C10H9F3O3. The van der Waals surface area contributed by atoms with Crippen LogP contribution in [-0.2, 0) is 4.74 Å². The van der Waals surface area contributed by atoms with Gasteiger partial charge in [-0.3, -0.25) is 0 Å². The van der Waals surface area contributed by atoms with Crippen LogP contribution in [0.25, 0.3) is 0 Å². The maximum absolute atomic E-state index is 11.8. The van der Waals surface area contributed by atoms with Crippen LogP contribution in [0.3, 0.4) is 0 Å². The smallest absolute Gasteiger partial charge is 0.422 e.